The minimum Gasteiger partial charge on any atom is -0.479 e. The average molecular weight is 220 g/mol. The van der Waals surface area contributed by atoms with Gasteiger partial charge < -0.3 is 19.3 Å². The molecule has 0 heterocycles. The maximum atomic E-state index is 10.7. The molecule has 0 saturated carbocycles. The van der Waals surface area contributed by atoms with Crippen LogP contribution in [0.4, 0.5) is 0 Å². The number of carboxylic acid groups (broad SMARTS) is 1. The number of hydrogen-bond donors (Lipinski definition) is 1. The van der Waals surface area contributed by atoms with E-state index >= 15 is 0 Å². The highest BCUT2D eigenvalue weighted by Crippen LogP contribution is 2.02. The minimum absolute atomic E-state index is 0.306. The van der Waals surface area contributed by atoms with Crippen molar-refractivity contribution in [2.24, 2.45) is 0 Å². The van der Waals surface area contributed by atoms with Crippen molar-refractivity contribution in [3.8, 4) is 0 Å². The first kappa shape index (κ1) is 14.3. The molecule has 0 aromatic heterocycles. The summed E-state index contributed by atoms with van der Waals surface area (Å²) >= 11 is 0. The van der Waals surface area contributed by atoms with E-state index in [9.17, 15) is 4.79 Å². The van der Waals surface area contributed by atoms with E-state index in [4.69, 9.17) is 19.3 Å². The molecule has 15 heavy (non-hydrogen) atoms. The molecule has 0 saturated heterocycles. The smallest absolute Gasteiger partial charge is 0.332 e. The van der Waals surface area contributed by atoms with Crippen LogP contribution in [-0.4, -0.2) is 50.7 Å². The van der Waals surface area contributed by atoms with Gasteiger partial charge in [-0.1, -0.05) is 13.3 Å². The Bertz CT molecular complexity index is 160. The second-order valence-corrected chi connectivity index (χ2v) is 3.09. The number of rotatable bonds is 10. The summed E-state index contributed by atoms with van der Waals surface area (Å²) in [7, 11) is 1.60. The van der Waals surface area contributed by atoms with Crippen molar-refractivity contribution >= 4 is 5.97 Å². The predicted molar refractivity (Wildman–Crippen MR) is 55.0 cm³/mol. The molecule has 0 bridgehead atoms. The summed E-state index contributed by atoms with van der Waals surface area (Å²) in [5.41, 5.74) is 0. The predicted octanol–water partition coefficient (Wildman–Crippen LogP) is 0.919. The normalized spacial score (nSPS) is 12.7. The summed E-state index contributed by atoms with van der Waals surface area (Å²) in [4.78, 5) is 10.7. The molecule has 0 fully saturated rings. The van der Waals surface area contributed by atoms with Crippen molar-refractivity contribution in [1.82, 2.24) is 0 Å². The Morgan fingerprint density at radius 1 is 1.27 bits per heavy atom. The molecule has 0 aromatic rings. The molecule has 0 aliphatic carbocycles. The van der Waals surface area contributed by atoms with Gasteiger partial charge in [0.25, 0.3) is 0 Å². The van der Waals surface area contributed by atoms with Crippen LogP contribution in [-0.2, 0) is 19.0 Å². The van der Waals surface area contributed by atoms with Crippen LogP contribution in [0.25, 0.3) is 0 Å². The summed E-state index contributed by atoms with van der Waals surface area (Å²) in [6.07, 6.45) is 0.621. The summed E-state index contributed by atoms with van der Waals surface area (Å²) in [5, 5.41) is 8.76. The topological polar surface area (TPSA) is 65.0 Å². The van der Waals surface area contributed by atoms with Gasteiger partial charge >= 0.3 is 5.97 Å². The van der Waals surface area contributed by atoms with E-state index < -0.39 is 12.1 Å². The van der Waals surface area contributed by atoms with Crippen molar-refractivity contribution in [2.45, 2.75) is 25.9 Å². The summed E-state index contributed by atoms with van der Waals surface area (Å²) in [6.45, 7) is 3.68. The Hall–Kier alpha value is -0.650. The standard InChI is InChI=1S/C10H20O5/c1-3-4-9(10(11)12)15-8-7-14-6-5-13-2/h9H,3-8H2,1-2H3,(H,11,12). The molecule has 0 aliphatic heterocycles. The molecule has 1 atom stereocenters. The van der Waals surface area contributed by atoms with Gasteiger partial charge in [-0.15, -0.1) is 0 Å². The molecule has 0 spiro atoms. The van der Waals surface area contributed by atoms with E-state index in [0.29, 0.717) is 32.8 Å². The van der Waals surface area contributed by atoms with Crippen LogP contribution in [0.1, 0.15) is 19.8 Å². The van der Waals surface area contributed by atoms with Gasteiger partial charge in [-0.2, -0.15) is 0 Å². The van der Waals surface area contributed by atoms with Crippen molar-refractivity contribution in [3.63, 3.8) is 0 Å². The molecule has 0 aliphatic rings. The third-order valence-electron chi connectivity index (χ3n) is 1.80. The van der Waals surface area contributed by atoms with Crippen LogP contribution in [0.5, 0.6) is 0 Å². The second-order valence-electron chi connectivity index (χ2n) is 3.09. The van der Waals surface area contributed by atoms with E-state index in [1.54, 1.807) is 7.11 Å². The highest BCUT2D eigenvalue weighted by atomic mass is 16.6. The highest BCUT2D eigenvalue weighted by Gasteiger charge is 2.15. The molecule has 0 aromatic carbocycles. The fraction of sp³-hybridized carbons (Fsp3) is 0.900. The second kappa shape index (κ2) is 9.89. The zero-order chi connectivity index (χ0) is 11.5. The number of carbonyl (C=O) groups is 1. The molecular formula is C10H20O5. The number of hydrogen-bond acceptors (Lipinski definition) is 4. The molecule has 0 amide bonds. The Labute approximate surface area is 90.3 Å². The fourth-order valence-electron chi connectivity index (χ4n) is 1.03. The van der Waals surface area contributed by atoms with E-state index in [0.717, 1.165) is 6.42 Å². The summed E-state index contributed by atoms with van der Waals surface area (Å²) in [6, 6.07) is 0. The molecule has 90 valence electrons. The first-order chi connectivity index (χ1) is 7.22. The maximum Gasteiger partial charge on any atom is 0.332 e. The van der Waals surface area contributed by atoms with Crippen LogP contribution < -0.4 is 0 Å². The monoisotopic (exact) mass is 220 g/mol. The van der Waals surface area contributed by atoms with Crippen molar-refractivity contribution in [2.75, 3.05) is 33.5 Å². The van der Waals surface area contributed by atoms with E-state index in [1.807, 2.05) is 6.92 Å². The molecule has 0 rings (SSSR count). The number of carboxylic acids is 1. The lowest BCUT2D eigenvalue weighted by Gasteiger charge is -2.12. The molecule has 5 nitrogen and oxygen atoms in total. The van der Waals surface area contributed by atoms with Gasteiger partial charge in [0.1, 0.15) is 0 Å². The van der Waals surface area contributed by atoms with Crippen LogP contribution in [0.3, 0.4) is 0 Å². The van der Waals surface area contributed by atoms with Crippen molar-refractivity contribution in [1.29, 1.82) is 0 Å². The third kappa shape index (κ3) is 8.35. The Balaban J connectivity index is 3.41. The first-order valence-corrected chi connectivity index (χ1v) is 5.13. The summed E-state index contributed by atoms with van der Waals surface area (Å²) in [5.74, 6) is -0.909. The molecule has 1 N–H and O–H groups in total. The molecule has 1 unspecified atom stereocenters. The Morgan fingerprint density at radius 2 is 1.93 bits per heavy atom. The summed E-state index contributed by atoms with van der Waals surface area (Å²) < 4.78 is 15.1. The van der Waals surface area contributed by atoms with Crippen LogP contribution in [0.15, 0.2) is 0 Å². The molecular weight excluding hydrogens is 200 g/mol. The van der Waals surface area contributed by atoms with E-state index in [2.05, 4.69) is 0 Å². The third-order valence-corrected chi connectivity index (χ3v) is 1.80. The van der Waals surface area contributed by atoms with Crippen molar-refractivity contribution in [3.05, 3.63) is 0 Å². The Kier molecular flexibility index (Phi) is 9.46. The SMILES string of the molecule is CCCC(OCCOCCOC)C(=O)O. The largest absolute Gasteiger partial charge is 0.479 e. The van der Waals surface area contributed by atoms with Crippen molar-refractivity contribution < 1.29 is 24.1 Å². The number of aliphatic carboxylic acids is 1. The lowest BCUT2D eigenvalue weighted by molar-refractivity contribution is -0.151. The molecule has 5 heteroatoms. The van der Waals surface area contributed by atoms with Crippen LogP contribution >= 0.6 is 0 Å². The quantitative estimate of drug-likeness (QED) is 0.554. The Morgan fingerprint density at radius 3 is 2.47 bits per heavy atom. The minimum atomic E-state index is -0.909. The van der Waals surface area contributed by atoms with Gasteiger partial charge in [-0.05, 0) is 6.42 Å². The van der Waals surface area contributed by atoms with Gasteiger partial charge in [0, 0.05) is 7.11 Å². The highest BCUT2D eigenvalue weighted by molar-refractivity contribution is 5.72. The lowest BCUT2D eigenvalue weighted by atomic mass is 10.2. The number of ether oxygens (including phenoxy) is 3. The number of methoxy groups -OCH3 is 1. The van der Waals surface area contributed by atoms with Gasteiger partial charge in [-0.25, -0.2) is 4.79 Å². The van der Waals surface area contributed by atoms with E-state index in [-0.39, 0.29) is 0 Å². The first-order valence-electron chi connectivity index (χ1n) is 5.13. The van der Waals surface area contributed by atoms with Crippen LogP contribution in [0, 0.1) is 0 Å². The van der Waals surface area contributed by atoms with E-state index in [1.165, 1.54) is 0 Å². The van der Waals surface area contributed by atoms with Gasteiger partial charge in [0.15, 0.2) is 6.10 Å². The zero-order valence-electron chi connectivity index (χ0n) is 9.40. The van der Waals surface area contributed by atoms with Gasteiger partial charge in [-0.3, -0.25) is 0 Å². The average Bonchev–Trinajstić information content (AvgIpc) is 2.21. The zero-order valence-corrected chi connectivity index (χ0v) is 9.40. The maximum absolute atomic E-state index is 10.7. The van der Waals surface area contributed by atoms with Crippen LogP contribution in [0.2, 0.25) is 0 Å². The fourth-order valence-corrected chi connectivity index (χ4v) is 1.03. The lowest BCUT2D eigenvalue weighted by Crippen LogP contribution is -2.25. The van der Waals surface area contributed by atoms with Gasteiger partial charge in [0.05, 0.1) is 26.4 Å². The van der Waals surface area contributed by atoms with Gasteiger partial charge in [0.2, 0.25) is 0 Å². The molecule has 0 radical (unpaired) electrons.